The number of hydrogen-bond acceptors (Lipinski definition) is 6. The van der Waals surface area contributed by atoms with Crippen molar-refractivity contribution in [3.05, 3.63) is 52.1 Å². The van der Waals surface area contributed by atoms with Crippen LogP contribution in [-0.4, -0.2) is 35.2 Å². The highest BCUT2D eigenvalue weighted by Gasteiger charge is 2.25. The first-order valence-corrected chi connectivity index (χ1v) is 10.2. The minimum atomic E-state index is 0.501. The second-order valence-corrected chi connectivity index (χ2v) is 7.86. The molecule has 3 heterocycles. The van der Waals surface area contributed by atoms with Gasteiger partial charge in [-0.3, -0.25) is 0 Å². The molecule has 140 valence electrons. The Morgan fingerprint density at radius 1 is 1.11 bits per heavy atom. The molecule has 4 rings (SSSR count). The maximum atomic E-state index is 5.48. The number of anilines is 1. The van der Waals surface area contributed by atoms with Crippen molar-refractivity contribution in [2.24, 2.45) is 0 Å². The Labute approximate surface area is 164 Å². The van der Waals surface area contributed by atoms with Gasteiger partial charge in [-0.05, 0) is 44.4 Å². The fourth-order valence-electron chi connectivity index (χ4n) is 3.45. The zero-order chi connectivity index (χ0) is 18.8. The number of hydrogen-bond donors (Lipinski definition) is 0. The van der Waals surface area contributed by atoms with E-state index in [-0.39, 0.29) is 0 Å². The predicted octanol–water partition coefficient (Wildman–Crippen LogP) is 4.61. The van der Waals surface area contributed by atoms with Gasteiger partial charge < -0.3 is 9.64 Å². The van der Waals surface area contributed by atoms with Crippen LogP contribution in [0.1, 0.15) is 35.0 Å². The van der Waals surface area contributed by atoms with Gasteiger partial charge in [0.1, 0.15) is 5.75 Å². The Morgan fingerprint density at radius 2 is 1.89 bits per heavy atom. The highest BCUT2D eigenvalue weighted by atomic mass is 32.1. The number of aryl methyl sites for hydroxylation is 2. The minimum Gasteiger partial charge on any atom is -0.496 e. The first kappa shape index (κ1) is 17.9. The van der Waals surface area contributed by atoms with Crippen molar-refractivity contribution in [3.63, 3.8) is 0 Å². The number of aromatic nitrogens is 3. The van der Waals surface area contributed by atoms with E-state index < -0.39 is 0 Å². The normalized spacial score (nSPS) is 15.1. The highest BCUT2D eigenvalue weighted by molar-refractivity contribution is 7.10. The van der Waals surface area contributed by atoms with E-state index >= 15 is 0 Å². The number of ether oxygens (including phenoxy) is 1. The summed E-state index contributed by atoms with van der Waals surface area (Å²) in [5.74, 6) is 2.22. The molecule has 1 aliphatic rings. The maximum Gasteiger partial charge on any atom is 0.225 e. The Morgan fingerprint density at radius 3 is 2.63 bits per heavy atom. The molecule has 0 bridgehead atoms. The minimum absolute atomic E-state index is 0.501. The van der Waals surface area contributed by atoms with Crippen molar-refractivity contribution < 1.29 is 4.74 Å². The summed E-state index contributed by atoms with van der Waals surface area (Å²) in [5.41, 5.74) is 4.26. The van der Waals surface area contributed by atoms with Crippen molar-refractivity contribution in [3.8, 4) is 17.0 Å². The molecule has 0 spiro atoms. The van der Waals surface area contributed by atoms with Gasteiger partial charge >= 0.3 is 0 Å². The van der Waals surface area contributed by atoms with Crippen LogP contribution in [0.3, 0.4) is 0 Å². The van der Waals surface area contributed by atoms with Crippen LogP contribution in [0.5, 0.6) is 5.75 Å². The second-order valence-electron chi connectivity index (χ2n) is 6.97. The second kappa shape index (κ2) is 7.64. The summed E-state index contributed by atoms with van der Waals surface area (Å²) in [6.07, 6.45) is 4.08. The Balaban J connectivity index is 1.46. The third-order valence-electron chi connectivity index (χ3n) is 5.24. The fourth-order valence-corrected chi connectivity index (χ4v) is 4.44. The van der Waals surface area contributed by atoms with Gasteiger partial charge in [0.15, 0.2) is 0 Å². The molecule has 0 atom stereocenters. The average Bonchev–Trinajstić information content (AvgIpc) is 3.20. The maximum absolute atomic E-state index is 5.48. The molecular formula is C21H24N4OS. The van der Waals surface area contributed by atoms with Crippen molar-refractivity contribution >= 4 is 17.3 Å². The van der Waals surface area contributed by atoms with E-state index in [0.29, 0.717) is 5.92 Å². The molecule has 1 fully saturated rings. The van der Waals surface area contributed by atoms with E-state index in [0.717, 1.165) is 60.1 Å². The standard InChI is InChI=1S/C21H24N4OS/c1-14-12-22-21(23-15(14)2)25-10-8-16(9-11-25)20-24-18(13-27-20)17-6-4-5-7-19(17)26-3/h4-7,12-13,16H,8-11H2,1-3H3. The van der Waals surface area contributed by atoms with Crippen LogP contribution in [0, 0.1) is 13.8 Å². The third-order valence-corrected chi connectivity index (χ3v) is 6.25. The van der Waals surface area contributed by atoms with Crippen LogP contribution < -0.4 is 9.64 Å². The zero-order valence-corrected chi connectivity index (χ0v) is 16.8. The molecule has 0 radical (unpaired) electrons. The third kappa shape index (κ3) is 3.67. The largest absolute Gasteiger partial charge is 0.496 e. The van der Waals surface area contributed by atoms with Crippen molar-refractivity contribution in [2.75, 3.05) is 25.1 Å². The molecule has 5 nitrogen and oxygen atoms in total. The van der Waals surface area contributed by atoms with Gasteiger partial charge in [-0.15, -0.1) is 11.3 Å². The first-order valence-electron chi connectivity index (χ1n) is 9.29. The van der Waals surface area contributed by atoms with Crippen LogP contribution >= 0.6 is 11.3 Å². The van der Waals surface area contributed by atoms with E-state index in [1.165, 1.54) is 5.01 Å². The quantitative estimate of drug-likeness (QED) is 0.661. The summed E-state index contributed by atoms with van der Waals surface area (Å²) in [6.45, 7) is 6.03. The summed E-state index contributed by atoms with van der Waals surface area (Å²) in [6, 6.07) is 8.06. The molecule has 1 aliphatic heterocycles. The lowest BCUT2D eigenvalue weighted by atomic mass is 9.98. The molecule has 3 aromatic rings. The summed E-state index contributed by atoms with van der Waals surface area (Å²) < 4.78 is 5.48. The molecule has 0 aliphatic carbocycles. The van der Waals surface area contributed by atoms with Gasteiger partial charge in [-0.25, -0.2) is 15.0 Å². The molecule has 0 N–H and O–H groups in total. The predicted molar refractivity (Wildman–Crippen MR) is 110 cm³/mol. The van der Waals surface area contributed by atoms with E-state index in [1.807, 2.05) is 38.2 Å². The molecule has 27 heavy (non-hydrogen) atoms. The molecule has 0 saturated carbocycles. The van der Waals surface area contributed by atoms with E-state index in [2.05, 4.69) is 26.3 Å². The number of piperidine rings is 1. The van der Waals surface area contributed by atoms with E-state index in [4.69, 9.17) is 9.72 Å². The smallest absolute Gasteiger partial charge is 0.225 e. The lowest BCUT2D eigenvalue weighted by Gasteiger charge is -2.31. The van der Waals surface area contributed by atoms with Gasteiger partial charge in [-0.1, -0.05) is 12.1 Å². The molecule has 1 aromatic carbocycles. The number of methoxy groups -OCH3 is 1. The Hall–Kier alpha value is -2.47. The zero-order valence-electron chi connectivity index (χ0n) is 16.0. The molecule has 2 aromatic heterocycles. The fraction of sp³-hybridized carbons (Fsp3) is 0.381. The van der Waals surface area contributed by atoms with Gasteiger partial charge in [0.05, 0.1) is 17.8 Å². The Kier molecular flexibility index (Phi) is 5.07. The number of thiazole rings is 1. The number of para-hydroxylation sites is 1. The van der Waals surface area contributed by atoms with Gasteiger partial charge in [0.25, 0.3) is 0 Å². The van der Waals surface area contributed by atoms with Gasteiger partial charge in [-0.2, -0.15) is 0 Å². The Bertz CT molecular complexity index is 931. The van der Waals surface area contributed by atoms with Crippen LogP contribution in [0.25, 0.3) is 11.3 Å². The van der Waals surface area contributed by atoms with E-state index in [1.54, 1.807) is 18.4 Å². The van der Waals surface area contributed by atoms with Crippen LogP contribution in [-0.2, 0) is 0 Å². The van der Waals surface area contributed by atoms with Gasteiger partial charge in [0.2, 0.25) is 5.95 Å². The summed E-state index contributed by atoms with van der Waals surface area (Å²) in [7, 11) is 1.71. The van der Waals surface area contributed by atoms with Crippen molar-refractivity contribution in [2.45, 2.75) is 32.6 Å². The lowest BCUT2D eigenvalue weighted by molar-refractivity contribution is 0.416. The topological polar surface area (TPSA) is 51.1 Å². The monoisotopic (exact) mass is 380 g/mol. The molecule has 0 unspecified atom stereocenters. The first-order chi connectivity index (χ1) is 13.2. The number of benzene rings is 1. The lowest BCUT2D eigenvalue weighted by Crippen LogP contribution is -2.34. The highest BCUT2D eigenvalue weighted by Crippen LogP contribution is 2.36. The van der Waals surface area contributed by atoms with Crippen LogP contribution in [0.15, 0.2) is 35.8 Å². The SMILES string of the molecule is COc1ccccc1-c1csc(C2CCN(c3ncc(C)c(C)n3)CC2)n1. The summed E-state index contributed by atoms with van der Waals surface area (Å²) in [4.78, 5) is 16.4. The molecule has 6 heteroatoms. The van der Waals surface area contributed by atoms with Crippen LogP contribution in [0.4, 0.5) is 5.95 Å². The average molecular weight is 381 g/mol. The molecule has 0 amide bonds. The van der Waals surface area contributed by atoms with Gasteiger partial charge in [0, 0.05) is 41.8 Å². The van der Waals surface area contributed by atoms with Crippen molar-refractivity contribution in [1.82, 2.24) is 15.0 Å². The van der Waals surface area contributed by atoms with Crippen molar-refractivity contribution in [1.29, 1.82) is 0 Å². The number of nitrogens with zero attached hydrogens (tertiary/aromatic N) is 4. The van der Waals surface area contributed by atoms with E-state index in [9.17, 15) is 0 Å². The van der Waals surface area contributed by atoms with Crippen LogP contribution in [0.2, 0.25) is 0 Å². The summed E-state index contributed by atoms with van der Waals surface area (Å²) in [5, 5.41) is 3.36. The summed E-state index contributed by atoms with van der Waals surface area (Å²) >= 11 is 1.76. The molecular weight excluding hydrogens is 356 g/mol. The molecule has 1 saturated heterocycles. The number of rotatable bonds is 4.